The molecule has 0 atom stereocenters. The van der Waals surface area contributed by atoms with Crippen LogP contribution in [-0.4, -0.2) is 26.1 Å². The van der Waals surface area contributed by atoms with Gasteiger partial charge in [-0.2, -0.15) is 0 Å². The van der Waals surface area contributed by atoms with Crippen molar-refractivity contribution in [2.75, 3.05) is 25.1 Å². The van der Waals surface area contributed by atoms with Crippen molar-refractivity contribution in [2.45, 2.75) is 12.8 Å². The Balaban J connectivity index is 2.02. The molecule has 0 spiro atoms. The van der Waals surface area contributed by atoms with Crippen molar-refractivity contribution >= 4 is 11.6 Å². The van der Waals surface area contributed by atoms with E-state index in [2.05, 4.69) is 11.0 Å². The minimum atomic E-state index is -0.171. The molecule has 2 N–H and O–H groups in total. The summed E-state index contributed by atoms with van der Waals surface area (Å²) in [5.41, 5.74) is 6.47. The van der Waals surface area contributed by atoms with Crippen molar-refractivity contribution in [3.05, 3.63) is 24.3 Å². The van der Waals surface area contributed by atoms with Gasteiger partial charge in [0.25, 0.3) is 0 Å². The molecule has 1 aromatic rings. The lowest BCUT2D eigenvalue weighted by atomic mass is 9.96. The van der Waals surface area contributed by atoms with Gasteiger partial charge in [-0.25, -0.2) is 0 Å². The Kier molecular flexibility index (Phi) is 3.52. The van der Waals surface area contributed by atoms with Crippen LogP contribution in [0.25, 0.3) is 0 Å². The number of carbonyl (C=O) groups is 1. The van der Waals surface area contributed by atoms with Crippen LogP contribution in [0.1, 0.15) is 12.8 Å². The second kappa shape index (κ2) is 5.08. The Hall–Kier alpha value is -1.71. The number of piperidine rings is 1. The number of nitrogens with two attached hydrogens (primary N) is 1. The molecule has 0 bridgehead atoms. The van der Waals surface area contributed by atoms with Crippen LogP contribution in [-0.2, 0) is 4.79 Å². The highest BCUT2D eigenvalue weighted by molar-refractivity contribution is 5.77. The second-order valence-electron chi connectivity index (χ2n) is 4.37. The summed E-state index contributed by atoms with van der Waals surface area (Å²) in [6.45, 7) is 1.75. The summed E-state index contributed by atoms with van der Waals surface area (Å²) < 4.78 is 5.20. The summed E-state index contributed by atoms with van der Waals surface area (Å²) in [5, 5.41) is 0. The quantitative estimate of drug-likeness (QED) is 0.860. The number of primary amides is 1. The lowest BCUT2D eigenvalue weighted by molar-refractivity contribution is -0.122. The van der Waals surface area contributed by atoms with Crippen molar-refractivity contribution in [3.8, 4) is 5.75 Å². The molecule has 0 saturated carbocycles. The van der Waals surface area contributed by atoms with Crippen LogP contribution >= 0.6 is 0 Å². The van der Waals surface area contributed by atoms with E-state index in [0.29, 0.717) is 0 Å². The van der Waals surface area contributed by atoms with Crippen LogP contribution in [0.5, 0.6) is 5.75 Å². The zero-order chi connectivity index (χ0) is 12.3. The summed E-state index contributed by atoms with van der Waals surface area (Å²) in [4.78, 5) is 13.3. The molecule has 92 valence electrons. The summed E-state index contributed by atoms with van der Waals surface area (Å²) >= 11 is 0. The van der Waals surface area contributed by atoms with E-state index in [1.165, 1.54) is 0 Å². The molecule has 4 nitrogen and oxygen atoms in total. The predicted molar refractivity (Wildman–Crippen MR) is 67.1 cm³/mol. The van der Waals surface area contributed by atoms with Crippen molar-refractivity contribution < 1.29 is 9.53 Å². The fourth-order valence-corrected chi connectivity index (χ4v) is 2.23. The van der Waals surface area contributed by atoms with Gasteiger partial charge in [0.2, 0.25) is 5.91 Å². The largest absolute Gasteiger partial charge is 0.497 e. The Morgan fingerprint density at radius 2 is 2.12 bits per heavy atom. The highest BCUT2D eigenvalue weighted by Gasteiger charge is 2.23. The number of benzene rings is 1. The number of hydrogen-bond donors (Lipinski definition) is 1. The molecule has 2 rings (SSSR count). The fraction of sp³-hybridized carbons (Fsp3) is 0.462. The third-order valence-electron chi connectivity index (χ3n) is 3.32. The van der Waals surface area contributed by atoms with E-state index in [-0.39, 0.29) is 11.8 Å². The Morgan fingerprint density at radius 1 is 1.41 bits per heavy atom. The first-order valence-corrected chi connectivity index (χ1v) is 5.89. The van der Waals surface area contributed by atoms with Gasteiger partial charge in [-0.1, -0.05) is 6.07 Å². The molecule has 0 aromatic heterocycles. The van der Waals surface area contributed by atoms with E-state index in [4.69, 9.17) is 10.5 Å². The van der Waals surface area contributed by atoms with Gasteiger partial charge in [0, 0.05) is 30.8 Å². The fourth-order valence-electron chi connectivity index (χ4n) is 2.23. The number of methoxy groups -OCH3 is 1. The molecule has 1 aromatic carbocycles. The first kappa shape index (κ1) is 11.8. The average Bonchev–Trinajstić information content (AvgIpc) is 2.39. The Bertz CT molecular complexity index is 398. The molecular weight excluding hydrogens is 216 g/mol. The van der Waals surface area contributed by atoms with Crippen LogP contribution in [0, 0.1) is 5.92 Å². The maximum absolute atomic E-state index is 11.1. The number of rotatable bonds is 3. The molecule has 4 heteroatoms. The maximum Gasteiger partial charge on any atom is 0.220 e. The average molecular weight is 234 g/mol. The monoisotopic (exact) mass is 234 g/mol. The highest BCUT2D eigenvalue weighted by Crippen LogP contribution is 2.25. The van der Waals surface area contributed by atoms with Gasteiger partial charge in [-0.15, -0.1) is 0 Å². The topological polar surface area (TPSA) is 55.6 Å². The third kappa shape index (κ3) is 2.70. The van der Waals surface area contributed by atoms with Crippen LogP contribution in [0.2, 0.25) is 0 Å². The van der Waals surface area contributed by atoms with E-state index < -0.39 is 0 Å². The van der Waals surface area contributed by atoms with E-state index in [1.54, 1.807) is 7.11 Å². The van der Waals surface area contributed by atoms with Gasteiger partial charge in [-0.3, -0.25) is 4.79 Å². The minimum absolute atomic E-state index is 0.0388. The molecule has 1 aliphatic heterocycles. The van der Waals surface area contributed by atoms with Crippen molar-refractivity contribution in [3.63, 3.8) is 0 Å². The number of hydrogen-bond acceptors (Lipinski definition) is 3. The lowest BCUT2D eigenvalue weighted by Crippen LogP contribution is -2.38. The summed E-state index contributed by atoms with van der Waals surface area (Å²) in [6, 6.07) is 7.99. The molecule has 1 heterocycles. The molecule has 0 unspecified atom stereocenters. The molecule has 1 amide bonds. The highest BCUT2D eigenvalue weighted by atomic mass is 16.5. The number of amides is 1. The van der Waals surface area contributed by atoms with Gasteiger partial charge >= 0.3 is 0 Å². The normalized spacial score (nSPS) is 16.9. The second-order valence-corrected chi connectivity index (χ2v) is 4.37. The molecule has 17 heavy (non-hydrogen) atoms. The standard InChI is InChI=1S/C13H18N2O2/c1-17-12-4-2-3-11(9-12)15-7-5-10(6-8-15)13(14)16/h2-4,9-10H,5-8H2,1H3,(H2,14,16). The van der Waals surface area contributed by atoms with E-state index >= 15 is 0 Å². The van der Waals surface area contributed by atoms with E-state index in [1.807, 2.05) is 18.2 Å². The van der Waals surface area contributed by atoms with Crippen LogP contribution in [0.3, 0.4) is 0 Å². The number of carbonyl (C=O) groups excluding carboxylic acids is 1. The summed E-state index contributed by atoms with van der Waals surface area (Å²) in [7, 11) is 1.67. The Morgan fingerprint density at radius 3 is 2.71 bits per heavy atom. The molecule has 1 aliphatic rings. The number of ether oxygens (including phenoxy) is 1. The number of nitrogens with zero attached hydrogens (tertiary/aromatic N) is 1. The van der Waals surface area contributed by atoms with Gasteiger partial charge in [0.1, 0.15) is 5.75 Å². The van der Waals surface area contributed by atoms with Crippen molar-refractivity contribution in [1.29, 1.82) is 0 Å². The first-order chi connectivity index (χ1) is 8.20. The minimum Gasteiger partial charge on any atom is -0.497 e. The van der Waals surface area contributed by atoms with E-state index in [9.17, 15) is 4.79 Å². The van der Waals surface area contributed by atoms with Gasteiger partial charge < -0.3 is 15.4 Å². The van der Waals surface area contributed by atoms with Gasteiger partial charge in [0.15, 0.2) is 0 Å². The third-order valence-corrected chi connectivity index (χ3v) is 3.32. The zero-order valence-electron chi connectivity index (χ0n) is 10.1. The molecule has 0 aliphatic carbocycles. The van der Waals surface area contributed by atoms with Gasteiger partial charge in [0.05, 0.1) is 7.11 Å². The van der Waals surface area contributed by atoms with E-state index in [0.717, 1.165) is 37.4 Å². The van der Waals surface area contributed by atoms with Crippen LogP contribution < -0.4 is 15.4 Å². The van der Waals surface area contributed by atoms with Crippen LogP contribution in [0.15, 0.2) is 24.3 Å². The van der Waals surface area contributed by atoms with Crippen molar-refractivity contribution in [2.24, 2.45) is 11.7 Å². The molecular formula is C13H18N2O2. The summed E-state index contributed by atoms with van der Waals surface area (Å²) in [5.74, 6) is 0.728. The predicted octanol–water partition coefficient (Wildman–Crippen LogP) is 1.40. The maximum atomic E-state index is 11.1. The number of anilines is 1. The smallest absolute Gasteiger partial charge is 0.220 e. The van der Waals surface area contributed by atoms with Crippen LogP contribution in [0.4, 0.5) is 5.69 Å². The van der Waals surface area contributed by atoms with Gasteiger partial charge in [-0.05, 0) is 25.0 Å². The SMILES string of the molecule is COc1cccc(N2CCC(C(N)=O)CC2)c1. The zero-order valence-corrected chi connectivity index (χ0v) is 10.1. The Labute approximate surface area is 101 Å². The molecule has 0 radical (unpaired) electrons. The lowest BCUT2D eigenvalue weighted by Gasteiger charge is -2.32. The molecule has 1 saturated heterocycles. The first-order valence-electron chi connectivity index (χ1n) is 5.89. The molecule has 1 fully saturated rings. The summed E-state index contributed by atoms with van der Waals surface area (Å²) in [6.07, 6.45) is 1.68. The van der Waals surface area contributed by atoms with Crippen molar-refractivity contribution in [1.82, 2.24) is 0 Å².